The van der Waals surface area contributed by atoms with Crippen molar-refractivity contribution in [1.29, 1.82) is 0 Å². The van der Waals surface area contributed by atoms with Crippen LogP contribution in [0.3, 0.4) is 0 Å². The fraction of sp³-hybridized carbons (Fsp3) is 0.625. The lowest BCUT2D eigenvalue weighted by Crippen LogP contribution is -2.46. The van der Waals surface area contributed by atoms with Gasteiger partial charge in [0.15, 0.2) is 0 Å². The van der Waals surface area contributed by atoms with Crippen LogP contribution in [0.1, 0.15) is 32.8 Å². The Morgan fingerprint density at radius 2 is 2.05 bits per heavy atom. The van der Waals surface area contributed by atoms with Crippen LogP contribution in [0.5, 0.6) is 0 Å². The molecule has 1 unspecified atom stereocenters. The van der Waals surface area contributed by atoms with E-state index in [1.54, 1.807) is 12.1 Å². The maximum absolute atomic E-state index is 13.2. The first-order chi connectivity index (χ1) is 8.88. The Labute approximate surface area is 116 Å². The molecule has 0 spiro atoms. The highest BCUT2D eigenvalue weighted by Crippen LogP contribution is 2.27. The van der Waals surface area contributed by atoms with Crippen molar-refractivity contribution in [3.8, 4) is 0 Å². The molecule has 1 saturated heterocycles. The molecule has 2 rings (SSSR count). The number of halogens is 1. The molecule has 3 heteroatoms. The fourth-order valence-corrected chi connectivity index (χ4v) is 2.69. The van der Waals surface area contributed by atoms with Gasteiger partial charge in [0, 0.05) is 24.8 Å². The van der Waals surface area contributed by atoms with Crippen molar-refractivity contribution in [1.82, 2.24) is 5.32 Å². The minimum absolute atomic E-state index is 0.151. The molecular weight excluding hydrogens is 239 g/mol. The van der Waals surface area contributed by atoms with E-state index in [4.69, 9.17) is 0 Å². The first-order valence-electron chi connectivity index (χ1n) is 7.12. The summed E-state index contributed by atoms with van der Waals surface area (Å²) < 4.78 is 13.2. The van der Waals surface area contributed by atoms with Crippen LogP contribution in [0.2, 0.25) is 0 Å². The molecule has 0 bridgehead atoms. The molecular formula is C16H25FN2. The molecule has 0 radical (unpaired) electrons. The first kappa shape index (κ1) is 14.3. The van der Waals surface area contributed by atoms with Crippen molar-refractivity contribution < 1.29 is 4.39 Å². The molecule has 1 aromatic rings. The number of nitrogens with one attached hydrogen (secondary N) is 1. The van der Waals surface area contributed by atoms with Gasteiger partial charge in [-0.3, -0.25) is 0 Å². The van der Waals surface area contributed by atoms with E-state index in [2.05, 4.69) is 31.0 Å². The molecule has 1 N–H and O–H groups in total. The third-order valence-electron chi connectivity index (χ3n) is 3.94. The van der Waals surface area contributed by atoms with Crippen LogP contribution in [0.4, 0.5) is 10.1 Å². The van der Waals surface area contributed by atoms with Gasteiger partial charge in [-0.2, -0.15) is 0 Å². The number of hydrogen-bond donors (Lipinski definition) is 1. The van der Waals surface area contributed by atoms with Gasteiger partial charge in [-0.05, 0) is 49.1 Å². The number of hydrogen-bond acceptors (Lipinski definition) is 2. The summed E-state index contributed by atoms with van der Waals surface area (Å²) in [7, 11) is 0. The lowest BCUT2D eigenvalue weighted by molar-refractivity contribution is 0.280. The van der Waals surface area contributed by atoms with Gasteiger partial charge in [0.1, 0.15) is 5.82 Å². The maximum Gasteiger partial charge on any atom is 0.123 e. The quantitative estimate of drug-likeness (QED) is 0.837. The molecule has 2 nitrogen and oxygen atoms in total. The third-order valence-corrected chi connectivity index (χ3v) is 3.94. The van der Waals surface area contributed by atoms with Crippen LogP contribution in [0.15, 0.2) is 18.2 Å². The van der Waals surface area contributed by atoms with Crippen LogP contribution < -0.4 is 10.2 Å². The smallest absolute Gasteiger partial charge is 0.123 e. The summed E-state index contributed by atoms with van der Waals surface area (Å²) in [6.07, 6.45) is 1.13. The molecule has 1 aromatic carbocycles. The van der Waals surface area contributed by atoms with E-state index in [-0.39, 0.29) is 11.2 Å². The zero-order valence-corrected chi connectivity index (χ0v) is 12.5. The van der Waals surface area contributed by atoms with E-state index in [1.807, 2.05) is 13.0 Å². The Kier molecular flexibility index (Phi) is 4.14. The van der Waals surface area contributed by atoms with Gasteiger partial charge < -0.3 is 10.2 Å². The summed E-state index contributed by atoms with van der Waals surface area (Å²) in [5, 5.41) is 3.64. The molecule has 1 fully saturated rings. The summed E-state index contributed by atoms with van der Waals surface area (Å²) in [5.74, 6) is -0.151. The standard InChI is InChI=1S/C16H25FN2/c1-12-10-13(17)6-7-14(12)19-9-5-8-18-15(11-19)16(2,3)4/h6-7,10,15,18H,5,8-9,11H2,1-4H3. The Morgan fingerprint density at radius 3 is 2.68 bits per heavy atom. The van der Waals surface area contributed by atoms with E-state index in [1.165, 1.54) is 5.69 Å². The van der Waals surface area contributed by atoms with Gasteiger partial charge in [0.25, 0.3) is 0 Å². The van der Waals surface area contributed by atoms with Crippen molar-refractivity contribution in [2.75, 3.05) is 24.5 Å². The van der Waals surface area contributed by atoms with Crippen molar-refractivity contribution in [2.45, 2.75) is 40.2 Å². The zero-order valence-electron chi connectivity index (χ0n) is 12.5. The van der Waals surface area contributed by atoms with Crippen molar-refractivity contribution in [3.63, 3.8) is 0 Å². The molecule has 0 amide bonds. The van der Waals surface area contributed by atoms with Gasteiger partial charge in [-0.15, -0.1) is 0 Å². The van der Waals surface area contributed by atoms with Crippen molar-refractivity contribution >= 4 is 5.69 Å². The van der Waals surface area contributed by atoms with Gasteiger partial charge in [-0.25, -0.2) is 4.39 Å². The Morgan fingerprint density at radius 1 is 1.32 bits per heavy atom. The van der Waals surface area contributed by atoms with Crippen LogP contribution in [0.25, 0.3) is 0 Å². The molecule has 19 heavy (non-hydrogen) atoms. The lowest BCUT2D eigenvalue weighted by atomic mass is 9.86. The Hall–Kier alpha value is -1.09. The molecule has 106 valence electrons. The van der Waals surface area contributed by atoms with E-state index in [0.717, 1.165) is 31.6 Å². The SMILES string of the molecule is Cc1cc(F)ccc1N1CCCNC(C(C)(C)C)C1. The zero-order chi connectivity index (χ0) is 14.0. The monoisotopic (exact) mass is 264 g/mol. The average Bonchev–Trinajstić information content (AvgIpc) is 2.54. The van der Waals surface area contributed by atoms with E-state index in [0.29, 0.717) is 6.04 Å². The second-order valence-electron chi connectivity index (χ2n) is 6.60. The summed E-state index contributed by atoms with van der Waals surface area (Å²) in [6.45, 7) is 11.9. The van der Waals surface area contributed by atoms with Crippen LogP contribution in [-0.4, -0.2) is 25.7 Å². The summed E-state index contributed by atoms with van der Waals surface area (Å²) in [5.41, 5.74) is 2.42. The van der Waals surface area contributed by atoms with E-state index in [9.17, 15) is 4.39 Å². The van der Waals surface area contributed by atoms with E-state index < -0.39 is 0 Å². The van der Waals surface area contributed by atoms with Crippen molar-refractivity contribution in [2.24, 2.45) is 5.41 Å². The maximum atomic E-state index is 13.2. The Balaban J connectivity index is 2.22. The fourth-order valence-electron chi connectivity index (χ4n) is 2.69. The number of benzene rings is 1. The van der Waals surface area contributed by atoms with Crippen LogP contribution in [-0.2, 0) is 0 Å². The topological polar surface area (TPSA) is 15.3 Å². The van der Waals surface area contributed by atoms with Gasteiger partial charge >= 0.3 is 0 Å². The number of rotatable bonds is 1. The highest BCUT2D eigenvalue weighted by atomic mass is 19.1. The van der Waals surface area contributed by atoms with Gasteiger partial charge in [0.05, 0.1) is 0 Å². The second-order valence-corrected chi connectivity index (χ2v) is 6.60. The predicted molar refractivity (Wildman–Crippen MR) is 79.2 cm³/mol. The highest BCUT2D eigenvalue weighted by molar-refractivity contribution is 5.53. The lowest BCUT2D eigenvalue weighted by Gasteiger charge is -2.35. The first-order valence-corrected chi connectivity index (χ1v) is 7.12. The second kappa shape index (κ2) is 5.49. The highest BCUT2D eigenvalue weighted by Gasteiger charge is 2.28. The van der Waals surface area contributed by atoms with Crippen molar-refractivity contribution in [3.05, 3.63) is 29.6 Å². The number of nitrogens with zero attached hydrogens (tertiary/aromatic N) is 1. The molecule has 0 saturated carbocycles. The summed E-state index contributed by atoms with van der Waals surface area (Å²) >= 11 is 0. The molecule has 0 aliphatic carbocycles. The minimum Gasteiger partial charge on any atom is -0.370 e. The van der Waals surface area contributed by atoms with Gasteiger partial charge in [-0.1, -0.05) is 20.8 Å². The molecule has 1 atom stereocenters. The molecule has 1 aliphatic heterocycles. The van der Waals surface area contributed by atoms with Gasteiger partial charge in [0.2, 0.25) is 0 Å². The normalized spacial score (nSPS) is 21.3. The summed E-state index contributed by atoms with van der Waals surface area (Å²) in [6, 6.07) is 5.56. The number of anilines is 1. The third kappa shape index (κ3) is 3.47. The Bertz CT molecular complexity index is 437. The number of aryl methyl sites for hydroxylation is 1. The summed E-state index contributed by atoms with van der Waals surface area (Å²) in [4.78, 5) is 2.39. The average molecular weight is 264 g/mol. The molecule has 1 heterocycles. The minimum atomic E-state index is -0.151. The van der Waals surface area contributed by atoms with Crippen LogP contribution >= 0.6 is 0 Å². The van der Waals surface area contributed by atoms with E-state index >= 15 is 0 Å². The largest absolute Gasteiger partial charge is 0.370 e. The molecule has 1 aliphatic rings. The van der Waals surface area contributed by atoms with Crippen LogP contribution in [0, 0.1) is 18.2 Å². The molecule has 0 aromatic heterocycles. The predicted octanol–water partition coefficient (Wildman–Crippen LogP) is 3.35.